The summed E-state index contributed by atoms with van der Waals surface area (Å²) < 4.78 is 21.4. The van der Waals surface area contributed by atoms with E-state index < -0.39 is 17.1 Å². The standard InChI is InChI=1S/C13H32N2O5Si2/c1-17-21(5,6)11-7-9-14-13(16)15-10-8-12-22(18-2,19-3)20-4/h7-12H2,1-6H3,(H2,14,15,16). The molecule has 0 aromatic heterocycles. The Labute approximate surface area is 136 Å². The van der Waals surface area contributed by atoms with Gasteiger partial charge in [0.2, 0.25) is 0 Å². The van der Waals surface area contributed by atoms with E-state index in [1.54, 1.807) is 28.4 Å². The van der Waals surface area contributed by atoms with E-state index in [9.17, 15) is 4.79 Å². The van der Waals surface area contributed by atoms with Crippen LogP contribution in [0.15, 0.2) is 0 Å². The van der Waals surface area contributed by atoms with Crippen molar-refractivity contribution in [1.29, 1.82) is 0 Å². The van der Waals surface area contributed by atoms with E-state index in [1.807, 2.05) is 0 Å². The Bertz CT molecular complexity index is 307. The lowest BCUT2D eigenvalue weighted by atomic mass is 10.4. The van der Waals surface area contributed by atoms with Gasteiger partial charge >= 0.3 is 14.8 Å². The van der Waals surface area contributed by atoms with Gasteiger partial charge in [0.25, 0.3) is 0 Å². The van der Waals surface area contributed by atoms with E-state index in [0.29, 0.717) is 19.1 Å². The molecule has 0 heterocycles. The van der Waals surface area contributed by atoms with Crippen LogP contribution >= 0.6 is 0 Å². The molecule has 0 spiro atoms. The Balaban J connectivity index is 3.74. The predicted molar refractivity (Wildman–Crippen MR) is 91.5 cm³/mol. The lowest BCUT2D eigenvalue weighted by Crippen LogP contribution is -2.44. The Kier molecular flexibility index (Phi) is 10.9. The second-order valence-electron chi connectivity index (χ2n) is 5.65. The number of hydrogen-bond acceptors (Lipinski definition) is 5. The molecule has 0 saturated carbocycles. The van der Waals surface area contributed by atoms with Crippen LogP contribution in [0.4, 0.5) is 4.79 Å². The highest BCUT2D eigenvalue weighted by Crippen LogP contribution is 2.14. The molecule has 0 saturated heterocycles. The molecule has 22 heavy (non-hydrogen) atoms. The molecule has 0 aliphatic carbocycles. The lowest BCUT2D eigenvalue weighted by Gasteiger charge is -2.24. The molecule has 2 N–H and O–H groups in total. The first-order valence-corrected chi connectivity index (χ1v) is 12.6. The zero-order chi connectivity index (χ0) is 17.1. The average molecular weight is 353 g/mol. The minimum atomic E-state index is -2.53. The van der Waals surface area contributed by atoms with E-state index >= 15 is 0 Å². The van der Waals surface area contributed by atoms with Crippen LogP contribution in [0, 0.1) is 0 Å². The van der Waals surface area contributed by atoms with Gasteiger partial charge in [-0.1, -0.05) is 0 Å². The first kappa shape index (κ1) is 21.5. The molecule has 0 atom stereocenters. The van der Waals surface area contributed by atoms with Gasteiger partial charge in [-0.15, -0.1) is 0 Å². The molecule has 0 aromatic carbocycles. The van der Waals surface area contributed by atoms with E-state index in [-0.39, 0.29) is 6.03 Å². The Hall–Kier alpha value is -0.456. The van der Waals surface area contributed by atoms with Gasteiger partial charge in [0.05, 0.1) is 0 Å². The van der Waals surface area contributed by atoms with Gasteiger partial charge in [-0.05, 0) is 32.0 Å². The zero-order valence-electron chi connectivity index (χ0n) is 14.8. The summed E-state index contributed by atoms with van der Waals surface area (Å²) in [5.41, 5.74) is 0. The maximum Gasteiger partial charge on any atom is 0.500 e. The highest BCUT2D eigenvalue weighted by atomic mass is 28.4. The average Bonchev–Trinajstić information content (AvgIpc) is 2.52. The largest absolute Gasteiger partial charge is 0.500 e. The highest BCUT2D eigenvalue weighted by Gasteiger charge is 2.36. The third kappa shape index (κ3) is 8.86. The molecule has 0 fully saturated rings. The summed E-state index contributed by atoms with van der Waals surface area (Å²) in [7, 11) is 2.47. The topological polar surface area (TPSA) is 78.1 Å². The SMILES string of the molecule is CO[Si](C)(C)CCCNC(=O)NCCC[Si](OC)(OC)OC. The first-order valence-electron chi connectivity index (χ1n) is 7.57. The Morgan fingerprint density at radius 1 is 0.818 bits per heavy atom. The summed E-state index contributed by atoms with van der Waals surface area (Å²) in [5.74, 6) is 0. The molecule has 0 aliphatic rings. The van der Waals surface area contributed by atoms with Crippen LogP contribution in [0.3, 0.4) is 0 Å². The Morgan fingerprint density at radius 2 is 1.27 bits per heavy atom. The van der Waals surface area contributed by atoms with Crippen LogP contribution < -0.4 is 10.6 Å². The number of nitrogens with one attached hydrogen (secondary N) is 2. The molecule has 0 bridgehead atoms. The van der Waals surface area contributed by atoms with Crippen LogP contribution in [0.2, 0.25) is 25.2 Å². The summed E-state index contributed by atoms with van der Waals surface area (Å²) in [6.07, 6.45) is 1.69. The van der Waals surface area contributed by atoms with Gasteiger partial charge in [0.1, 0.15) is 0 Å². The molecule has 2 amide bonds. The van der Waals surface area contributed by atoms with Gasteiger partial charge in [-0.2, -0.15) is 0 Å². The maximum atomic E-state index is 11.6. The molecule has 0 aliphatic heterocycles. The summed E-state index contributed by atoms with van der Waals surface area (Å²) >= 11 is 0. The molecule has 0 rings (SSSR count). The third-order valence-electron chi connectivity index (χ3n) is 3.67. The smallest absolute Gasteiger partial charge is 0.420 e. The molecule has 7 nitrogen and oxygen atoms in total. The van der Waals surface area contributed by atoms with E-state index in [2.05, 4.69) is 23.7 Å². The molecular formula is C13H32N2O5Si2. The zero-order valence-corrected chi connectivity index (χ0v) is 16.8. The second kappa shape index (κ2) is 11.1. The molecular weight excluding hydrogens is 320 g/mol. The molecule has 0 unspecified atom stereocenters. The quantitative estimate of drug-likeness (QED) is 0.414. The molecule has 132 valence electrons. The summed E-state index contributed by atoms with van der Waals surface area (Å²) in [6.45, 7) is 5.57. The van der Waals surface area contributed by atoms with Crippen molar-refractivity contribution >= 4 is 23.2 Å². The minimum Gasteiger partial charge on any atom is -0.420 e. The van der Waals surface area contributed by atoms with E-state index in [0.717, 1.165) is 18.9 Å². The van der Waals surface area contributed by atoms with Crippen molar-refractivity contribution in [1.82, 2.24) is 10.6 Å². The normalized spacial score (nSPS) is 12.3. The second-order valence-corrected chi connectivity index (χ2v) is 13.2. The van der Waals surface area contributed by atoms with Crippen molar-refractivity contribution in [2.24, 2.45) is 0 Å². The van der Waals surface area contributed by atoms with Crippen LogP contribution in [0.5, 0.6) is 0 Å². The molecule has 0 radical (unpaired) electrons. The van der Waals surface area contributed by atoms with Gasteiger partial charge in [0, 0.05) is 47.6 Å². The number of urea groups is 1. The van der Waals surface area contributed by atoms with Crippen LogP contribution in [-0.2, 0) is 17.7 Å². The molecule has 9 heteroatoms. The number of rotatable bonds is 12. The highest BCUT2D eigenvalue weighted by molar-refractivity contribution is 6.71. The number of hydrogen-bond donors (Lipinski definition) is 2. The number of amides is 2. The number of carbonyl (C=O) groups is 1. The van der Waals surface area contributed by atoms with Gasteiger partial charge < -0.3 is 28.3 Å². The maximum absolute atomic E-state index is 11.6. The molecule has 0 aromatic rings. The minimum absolute atomic E-state index is 0.142. The van der Waals surface area contributed by atoms with E-state index in [4.69, 9.17) is 17.7 Å². The van der Waals surface area contributed by atoms with Crippen molar-refractivity contribution in [3.05, 3.63) is 0 Å². The summed E-state index contributed by atoms with van der Waals surface area (Å²) in [4.78, 5) is 11.6. The third-order valence-corrected chi connectivity index (χ3v) is 9.17. The van der Waals surface area contributed by atoms with Crippen molar-refractivity contribution in [2.75, 3.05) is 41.5 Å². The summed E-state index contributed by atoms with van der Waals surface area (Å²) in [6, 6.07) is 1.56. The van der Waals surface area contributed by atoms with Crippen molar-refractivity contribution in [3.63, 3.8) is 0 Å². The monoisotopic (exact) mass is 352 g/mol. The van der Waals surface area contributed by atoms with Crippen molar-refractivity contribution in [3.8, 4) is 0 Å². The van der Waals surface area contributed by atoms with Crippen LogP contribution in [0.25, 0.3) is 0 Å². The summed E-state index contributed by atoms with van der Waals surface area (Å²) in [5, 5.41) is 5.68. The fourth-order valence-electron chi connectivity index (χ4n) is 1.94. The predicted octanol–water partition coefficient (Wildman–Crippen LogP) is 1.80. The van der Waals surface area contributed by atoms with Crippen molar-refractivity contribution in [2.45, 2.75) is 38.0 Å². The fourth-order valence-corrected chi connectivity index (χ4v) is 4.90. The number of carbonyl (C=O) groups excluding carboxylic acids is 1. The van der Waals surface area contributed by atoms with Gasteiger partial charge in [-0.3, -0.25) is 0 Å². The van der Waals surface area contributed by atoms with Gasteiger partial charge in [0.15, 0.2) is 8.32 Å². The van der Waals surface area contributed by atoms with Crippen molar-refractivity contribution < 1.29 is 22.5 Å². The van der Waals surface area contributed by atoms with Gasteiger partial charge in [-0.25, -0.2) is 4.79 Å². The van der Waals surface area contributed by atoms with Crippen LogP contribution in [-0.4, -0.2) is 64.7 Å². The Morgan fingerprint density at radius 3 is 1.68 bits per heavy atom. The first-order chi connectivity index (χ1) is 10.3. The van der Waals surface area contributed by atoms with E-state index in [1.165, 1.54) is 0 Å². The van der Waals surface area contributed by atoms with Crippen LogP contribution in [0.1, 0.15) is 12.8 Å². The fraction of sp³-hybridized carbons (Fsp3) is 0.923. The lowest BCUT2D eigenvalue weighted by molar-refractivity contribution is 0.123.